The molecule has 2 fully saturated rings. The van der Waals surface area contributed by atoms with Gasteiger partial charge in [0.15, 0.2) is 0 Å². The van der Waals surface area contributed by atoms with Crippen LogP contribution in [0.1, 0.15) is 12.0 Å². The molecular weight excluding hydrogens is 366 g/mol. The van der Waals surface area contributed by atoms with Gasteiger partial charge in [0.05, 0.1) is 26.7 Å². The molecule has 7 nitrogen and oxygen atoms in total. The van der Waals surface area contributed by atoms with Gasteiger partial charge in [0.25, 0.3) is 0 Å². The Balaban J connectivity index is 1.72. The van der Waals surface area contributed by atoms with E-state index in [4.69, 9.17) is 9.47 Å². The second kappa shape index (κ2) is 9.32. The molecule has 0 aliphatic carbocycles. The largest absolute Gasteiger partial charge is 0.497 e. The summed E-state index contributed by atoms with van der Waals surface area (Å²) >= 11 is 1.86. The third-order valence-corrected chi connectivity index (χ3v) is 5.98. The number of nitrogens with one attached hydrogen (secondary N) is 1. The summed E-state index contributed by atoms with van der Waals surface area (Å²) in [5, 5.41) is 2.90. The summed E-state index contributed by atoms with van der Waals surface area (Å²) in [5.74, 6) is 3.36. The first-order valence-electron chi connectivity index (χ1n) is 9.20. The Morgan fingerprint density at radius 2 is 2.00 bits per heavy atom. The maximum atomic E-state index is 12.7. The number of methoxy groups -OCH3 is 2. The lowest BCUT2D eigenvalue weighted by atomic mass is 10.1. The molecule has 3 rings (SSSR count). The number of rotatable bonds is 6. The number of nitrogens with zero attached hydrogens (tertiary/aromatic N) is 2. The zero-order valence-corrected chi connectivity index (χ0v) is 16.7. The molecule has 0 radical (unpaired) electrons. The van der Waals surface area contributed by atoms with Crippen LogP contribution in [0, 0.1) is 0 Å². The van der Waals surface area contributed by atoms with Gasteiger partial charge in [0, 0.05) is 55.9 Å². The van der Waals surface area contributed by atoms with Crippen LogP contribution in [0.3, 0.4) is 0 Å². The average Bonchev–Trinajstić information content (AvgIpc) is 2.71. The van der Waals surface area contributed by atoms with Crippen LogP contribution >= 0.6 is 11.8 Å². The monoisotopic (exact) mass is 393 g/mol. The summed E-state index contributed by atoms with van der Waals surface area (Å²) in [6.07, 6.45) is 0.217. The Bertz CT molecular complexity index is 679. The van der Waals surface area contributed by atoms with E-state index >= 15 is 0 Å². The Hall–Kier alpha value is -1.93. The minimum Gasteiger partial charge on any atom is -0.497 e. The van der Waals surface area contributed by atoms with Gasteiger partial charge in [0.1, 0.15) is 11.5 Å². The summed E-state index contributed by atoms with van der Waals surface area (Å²) in [6, 6.07) is 5.22. The number of benzene rings is 1. The van der Waals surface area contributed by atoms with Crippen LogP contribution in [0.15, 0.2) is 18.2 Å². The number of thioether (sulfide) groups is 1. The molecule has 1 unspecified atom stereocenters. The van der Waals surface area contributed by atoms with Crippen molar-refractivity contribution in [2.24, 2.45) is 0 Å². The lowest BCUT2D eigenvalue weighted by molar-refractivity contribution is -0.138. The molecule has 1 atom stereocenters. The van der Waals surface area contributed by atoms with E-state index in [0.717, 1.165) is 41.7 Å². The number of hydrogen-bond donors (Lipinski definition) is 1. The minimum absolute atomic E-state index is 0.0593. The van der Waals surface area contributed by atoms with Crippen molar-refractivity contribution in [2.45, 2.75) is 19.0 Å². The molecule has 1 aromatic rings. The molecule has 2 heterocycles. The summed E-state index contributed by atoms with van der Waals surface area (Å²) in [7, 11) is 3.24. The van der Waals surface area contributed by atoms with Crippen LogP contribution < -0.4 is 14.8 Å². The molecule has 0 spiro atoms. The van der Waals surface area contributed by atoms with Crippen LogP contribution in [0.4, 0.5) is 0 Å². The van der Waals surface area contributed by atoms with Gasteiger partial charge in [0.2, 0.25) is 11.8 Å². The zero-order valence-electron chi connectivity index (χ0n) is 15.9. The second-order valence-corrected chi connectivity index (χ2v) is 7.88. The molecule has 27 heavy (non-hydrogen) atoms. The minimum atomic E-state index is -0.451. The predicted octanol–water partition coefficient (Wildman–Crippen LogP) is 0.970. The number of hydrogen-bond acceptors (Lipinski definition) is 6. The number of piperazine rings is 1. The SMILES string of the molecule is COc1ccc(CN2CCNC(=O)C2CC(=O)N2CCSCC2)c(OC)c1. The smallest absolute Gasteiger partial charge is 0.237 e. The molecule has 1 aromatic carbocycles. The standard InChI is InChI=1S/C19H27N3O4S/c1-25-15-4-3-14(17(11-15)26-2)13-22-6-5-20-19(24)16(22)12-18(23)21-7-9-27-10-8-21/h3-4,11,16H,5-10,12-13H2,1-2H3,(H,20,24). The zero-order chi connectivity index (χ0) is 19.2. The van der Waals surface area contributed by atoms with E-state index in [0.29, 0.717) is 19.6 Å². The van der Waals surface area contributed by atoms with Crippen molar-refractivity contribution in [3.05, 3.63) is 23.8 Å². The first kappa shape index (κ1) is 19.8. The van der Waals surface area contributed by atoms with E-state index < -0.39 is 6.04 Å². The van der Waals surface area contributed by atoms with Gasteiger partial charge in [-0.2, -0.15) is 11.8 Å². The molecular formula is C19H27N3O4S. The van der Waals surface area contributed by atoms with E-state index in [1.807, 2.05) is 34.9 Å². The Morgan fingerprint density at radius 3 is 2.70 bits per heavy atom. The fourth-order valence-electron chi connectivity index (χ4n) is 3.48. The Morgan fingerprint density at radius 1 is 1.22 bits per heavy atom. The van der Waals surface area contributed by atoms with Crippen LogP contribution in [0.25, 0.3) is 0 Å². The van der Waals surface area contributed by atoms with Gasteiger partial charge in [-0.15, -0.1) is 0 Å². The van der Waals surface area contributed by atoms with Gasteiger partial charge in [-0.3, -0.25) is 14.5 Å². The van der Waals surface area contributed by atoms with Gasteiger partial charge < -0.3 is 19.7 Å². The summed E-state index contributed by atoms with van der Waals surface area (Å²) in [6.45, 7) is 3.37. The van der Waals surface area contributed by atoms with Crippen molar-refractivity contribution in [3.63, 3.8) is 0 Å². The lowest BCUT2D eigenvalue weighted by Gasteiger charge is -2.36. The molecule has 8 heteroatoms. The van der Waals surface area contributed by atoms with Crippen molar-refractivity contribution >= 4 is 23.6 Å². The predicted molar refractivity (Wildman–Crippen MR) is 105 cm³/mol. The lowest BCUT2D eigenvalue weighted by Crippen LogP contribution is -2.56. The van der Waals surface area contributed by atoms with E-state index in [1.54, 1.807) is 14.2 Å². The van der Waals surface area contributed by atoms with E-state index in [1.165, 1.54) is 0 Å². The third kappa shape index (κ3) is 4.87. The number of carbonyl (C=O) groups excluding carboxylic acids is 2. The van der Waals surface area contributed by atoms with Crippen molar-refractivity contribution in [2.75, 3.05) is 51.9 Å². The first-order valence-corrected chi connectivity index (χ1v) is 10.4. The topological polar surface area (TPSA) is 71.1 Å². The summed E-state index contributed by atoms with van der Waals surface area (Å²) in [4.78, 5) is 29.1. The van der Waals surface area contributed by atoms with Gasteiger partial charge in [-0.25, -0.2) is 0 Å². The fraction of sp³-hybridized carbons (Fsp3) is 0.579. The van der Waals surface area contributed by atoms with Crippen molar-refractivity contribution in [1.82, 2.24) is 15.1 Å². The maximum Gasteiger partial charge on any atom is 0.237 e. The van der Waals surface area contributed by atoms with Gasteiger partial charge in [-0.05, 0) is 6.07 Å². The second-order valence-electron chi connectivity index (χ2n) is 6.65. The highest BCUT2D eigenvalue weighted by atomic mass is 32.2. The molecule has 2 aliphatic rings. The fourth-order valence-corrected chi connectivity index (χ4v) is 4.38. The van der Waals surface area contributed by atoms with Gasteiger partial charge >= 0.3 is 0 Å². The number of ether oxygens (including phenoxy) is 2. The van der Waals surface area contributed by atoms with E-state index in [-0.39, 0.29) is 18.2 Å². The normalized spacial score (nSPS) is 20.9. The van der Waals surface area contributed by atoms with E-state index in [9.17, 15) is 9.59 Å². The number of amides is 2. The van der Waals surface area contributed by atoms with Crippen LogP contribution in [-0.2, 0) is 16.1 Å². The van der Waals surface area contributed by atoms with Crippen molar-refractivity contribution in [3.8, 4) is 11.5 Å². The third-order valence-electron chi connectivity index (χ3n) is 5.04. The molecule has 1 N–H and O–H groups in total. The molecule has 2 saturated heterocycles. The Labute approximate surface area is 164 Å². The van der Waals surface area contributed by atoms with Crippen molar-refractivity contribution in [1.29, 1.82) is 0 Å². The highest BCUT2D eigenvalue weighted by Crippen LogP contribution is 2.27. The average molecular weight is 394 g/mol. The molecule has 148 valence electrons. The quantitative estimate of drug-likeness (QED) is 0.777. The molecule has 2 aliphatic heterocycles. The van der Waals surface area contributed by atoms with Gasteiger partial charge in [-0.1, -0.05) is 6.07 Å². The molecule has 0 bridgehead atoms. The van der Waals surface area contributed by atoms with Crippen molar-refractivity contribution < 1.29 is 19.1 Å². The molecule has 2 amide bonds. The summed E-state index contributed by atoms with van der Waals surface area (Å²) in [5.41, 5.74) is 0.972. The highest BCUT2D eigenvalue weighted by molar-refractivity contribution is 7.99. The van der Waals surface area contributed by atoms with Crippen LogP contribution in [0.2, 0.25) is 0 Å². The first-order chi connectivity index (χ1) is 13.1. The maximum absolute atomic E-state index is 12.7. The Kier molecular flexibility index (Phi) is 6.84. The van der Waals surface area contributed by atoms with E-state index in [2.05, 4.69) is 10.2 Å². The van der Waals surface area contributed by atoms with Crippen LogP contribution in [0.5, 0.6) is 11.5 Å². The number of carbonyl (C=O) groups is 2. The highest BCUT2D eigenvalue weighted by Gasteiger charge is 2.33. The molecule has 0 aromatic heterocycles. The van der Waals surface area contributed by atoms with Crippen LogP contribution in [-0.4, -0.2) is 79.6 Å². The summed E-state index contributed by atoms with van der Waals surface area (Å²) < 4.78 is 10.7. The molecule has 0 saturated carbocycles.